The van der Waals surface area contributed by atoms with Crippen LogP contribution >= 0.6 is 0 Å². The molecule has 3 N–H and O–H groups in total. The van der Waals surface area contributed by atoms with Gasteiger partial charge in [0.1, 0.15) is 0 Å². The third-order valence-electron chi connectivity index (χ3n) is 5.52. The summed E-state index contributed by atoms with van der Waals surface area (Å²) < 4.78 is 0. The molecule has 1 saturated heterocycles. The summed E-state index contributed by atoms with van der Waals surface area (Å²) in [4.78, 5) is 28.7. The number of benzene rings is 1. The van der Waals surface area contributed by atoms with Gasteiger partial charge in [-0.3, -0.25) is 14.5 Å². The van der Waals surface area contributed by atoms with Crippen LogP contribution in [-0.2, 0) is 22.4 Å². The third kappa shape index (κ3) is 4.43. The molecule has 1 fully saturated rings. The maximum absolute atomic E-state index is 12.4. The van der Waals surface area contributed by atoms with Gasteiger partial charge >= 0.3 is 11.8 Å². The smallest absolute Gasteiger partial charge is 0.311 e. The van der Waals surface area contributed by atoms with Crippen LogP contribution in [0.3, 0.4) is 0 Å². The van der Waals surface area contributed by atoms with Gasteiger partial charge in [0.15, 0.2) is 0 Å². The summed E-state index contributed by atoms with van der Waals surface area (Å²) in [7, 11) is 0. The van der Waals surface area contributed by atoms with Gasteiger partial charge in [-0.2, -0.15) is 0 Å². The molecule has 0 aromatic heterocycles. The standard InChI is InChI=1S/C20H30N4O2/c1-15(17-7-6-16-4-2-3-5-18(16)14-17)22-19(25)20(26)24-12-10-23(9-8-21)11-13-24/h6-7,14-15H,2-5,8-13,21H2,1H3,(H,22,25). The molecule has 1 heterocycles. The van der Waals surface area contributed by atoms with Gasteiger partial charge in [0.2, 0.25) is 0 Å². The van der Waals surface area contributed by atoms with Gasteiger partial charge < -0.3 is 16.0 Å². The number of carbonyl (C=O) groups is 2. The Kier molecular flexibility index (Phi) is 6.27. The van der Waals surface area contributed by atoms with Crippen molar-refractivity contribution in [1.29, 1.82) is 0 Å². The first-order valence-corrected chi connectivity index (χ1v) is 9.72. The molecule has 142 valence electrons. The fourth-order valence-electron chi connectivity index (χ4n) is 3.87. The highest BCUT2D eigenvalue weighted by Crippen LogP contribution is 2.24. The van der Waals surface area contributed by atoms with E-state index in [1.54, 1.807) is 4.90 Å². The van der Waals surface area contributed by atoms with E-state index >= 15 is 0 Å². The fourth-order valence-corrected chi connectivity index (χ4v) is 3.87. The van der Waals surface area contributed by atoms with Crippen LogP contribution < -0.4 is 11.1 Å². The van der Waals surface area contributed by atoms with E-state index in [1.165, 1.54) is 24.0 Å². The molecule has 1 aliphatic carbocycles. The molecule has 0 spiro atoms. The molecule has 0 saturated carbocycles. The van der Waals surface area contributed by atoms with Crippen LogP contribution in [-0.4, -0.2) is 60.9 Å². The van der Waals surface area contributed by atoms with Gasteiger partial charge in [-0.25, -0.2) is 0 Å². The van der Waals surface area contributed by atoms with Crippen LogP contribution in [0.15, 0.2) is 18.2 Å². The van der Waals surface area contributed by atoms with E-state index in [2.05, 4.69) is 28.4 Å². The summed E-state index contributed by atoms with van der Waals surface area (Å²) in [5.74, 6) is -0.940. The first-order chi connectivity index (χ1) is 12.6. The summed E-state index contributed by atoms with van der Waals surface area (Å²) in [5.41, 5.74) is 9.44. The van der Waals surface area contributed by atoms with E-state index in [-0.39, 0.29) is 6.04 Å². The molecule has 3 rings (SSSR count). The van der Waals surface area contributed by atoms with Crippen molar-refractivity contribution in [2.45, 2.75) is 38.6 Å². The van der Waals surface area contributed by atoms with E-state index in [1.807, 2.05) is 6.92 Å². The third-order valence-corrected chi connectivity index (χ3v) is 5.52. The maximum atomic E-state index is 12.4. The van der Waals surface area contributed by atoms with Crippen molar-refractivity contribution < 1.29 is 9.59 Å². The Morgan fingerprint density at radius 2 is 1.81 bits per heavy atom. The second-order valence-corrected chi connectivity index (χ2v) is 7.35. The van der Waals surface area contributed by atoms with Crippen LogP contribution in [0.1, 0.15) is 42.5 Å². The lowest BCUT2D eigenvalue weighted by molar-refractivity contribution is -0.147. The second-order valence-electron chi connectivity index (χ2n) is 7.35. The maximum Gasteiger partial charge on any atom is 0.311 e. The molecule has 26 heavy (non-hydrogen) atoms. The molecule has 1 unspecified atom stereocenters. The van der Waals surface area contributed by atoms with Crippen molar-refractivity contribution in [3.05, 3.63) is 34.9 Å². The summed E-state index contributed by atoms with van der Waals surface area (Å²) in [6.45, 7) is 6.11. The lowest BCUT2D eigenvalue weighted by Crippen LogP contribution is -2.53. The number of amides is 2. The number of piperazine rings is 1. The van der Waals surface area contributed by atoms with Gasteiger partial charge in [0, 0.05) is 39.3 Å². The summed E-state index contributed by atoms with van der Waals surface area (Å²) in [6, 6.07) is 6.27. The van der Waals surface area contributed by atoms with E-state index in [4.69, 9.17) is 5.73 Å². The molecule has 1 aromatic rings. The minimum Gasteiger partial charge on any atom is -0.341 e. The summed E-state index contributed by atoms with van der Waals surface area (Å²) in [6.07, 6.45) is 4.73. The first-order valence-electron chi connectivity index (χ1n) is 9.72. The van der Waals surface area contributed by atoms with Crippen LogP contribution in [0, 0.1) is 0 Å². The first kappa shape index (κ1) is 18.9. The molecule has 0 bridgehead atoms. The van der Waals surface area contributed by atoms with Crippen LogP contribution in [0.4, 0.5) is 0 Å². The van der Waals surface area contributed by atoms with Gasteiger partial charge in [-0.15, -0.1) is 0 Å². The number of nitrogens with one attached hydrogen (secondary N) is 1. The van der Waals surface area contributed by atoms with Crippen molar-refractivity contribution in [3.63, 3.8) is 0 Å². The highest BCUT2D eigenvalue weighted by Gasteiger charge is 2.26. The van der Waals surface area contributed by atoms with Crippen molar-refractivity contribution >= 4 is 11.8 Å². The second kappa shape index (κ2) is 8.64. The highest BCUT2D eigenvalue weighted by atomic mass is 16.2. The zero-order chi connectivity index (χ0) is 18.5. The Morgan fingerprint density at radius 1 is 1.12 bits per heavy atom. The predicted octanol–water partition coefficient (Wildman–Crippen LogP) is 0.846. The zero-order valence-electron chi connectivity index (χ0n) is 15.7. The lowest BCUT2D eigenvalue weighted by atomic mass is 9.89. The van der Waals surface area contributed by atoms with E-state index in [0.717, 1.165) is 38.0 Å². The Bertz CT molecular complexity index is 653. The number of hydrogen-bond donors (Lipinski definition) is 2. The summed E-state index contributed by atoms with van der Waals surface area (Å²) >= 11 is 0. The van der Waals surface area contributed by atoms with Crippen molar-refractivity contribution in [3.8, 4) is 0 Å². The molecule has 1 aromatic carbocycles. The number of nitrogens with two attached hydrogens (primary N) is 1. The number of fused-ring (bicyclic) bond motifs is 1. The number of rotatable bonds is 4. The van der Waals surface area contributed by atoms with Gasteiger partial charge in [0.25, 0.3) is 0 Å². The zero-order valence-corrected chi connectivity index (χ0v) is 15.7. The van der Waals surface area contributed by atoms with Crippen LogP contribution in [0.5, 0.6) is 0 Å². The van der Waals surface area contributed by atoms with Crippen LogP contribution in [0.25, 0.3) is 0 Å². The number of aryl methyl sites for hydroxylation is 2. The van der Waals surface area contributed by atoms with E-state index < -0.39 is 11.8 Å². The minimum absolute atomic E-state index is 0.169. The average molecular weight is 358 g/mol. The average Bonchev–Trinajstić information content (AvgIpc) is 2.67. The van der Waals surface area contributed by atoms with Crippen LogP contribution in [0.2, 0.25) is 0 Å². The van der Waals surface area contributed by atoms with E-state index in [0.29, 0.717) is 19.6 Å². The summed E-state index contributed by atoms with van der Waals surface area (Å²) in [5, 5.41) is 2.87. The fraction of sp³-hybridized carbons (Fsp3) is 0.600. The molecule has 2 amide bonds. The lowest BCUT2D eigenvalue weighted by Gasteiger charge is -2.34. The van der Waals surface area contributed by atoms with Crippen molar-refractivity contribution in [2.24, 2.45) is 5.73 Å². The molecule has 1 aliphatic heterocycles. The van der Waals surface area contributed by atoms with Crippen molar-refractivity contribution in [1.82, 2.24) is 15.1 Å². The van der Waals surface area contributed by atoms with Gasteiger partial charge in [-0.1, -0.05) is 18.2 Å². The molecular formula is C20H30N4O2. The van der Waals surface area contributed by atoms with Gasteiger partial charge in [0.05, 0.1) is 6.04 Å². The Morgan fingerprint density at radius 3 is 2.50 bits per heavy atom. The normalized spacial score (nSPS) is 18.9. The molecule has 2 aliphatic rings. The number of hydrogen-bond acceptors (Lipinski definition) is 4. The Balaban J connectivity index is 1.55. The largest absolute Gasteiger partial charge is 0.341 e. The molecular weight excluding hydrogens is 328 g/mol. The van der Waals surface area contributed by atoms with Crippen molar-refractivity contribution in [2.75, 3.05) is 39.3 Å². The SMILES string of the molecule is CC(NC(=O)C(=O)N1CCN(CCN)CC1)c1ccc2c(c1)CCCC2. The highest BCUT2D eigenvalue weighted by molar-refractivity contribution is 6.35. The number of nitrogens with zero attached hydrogens (tertiary/aromatic N) is 2. The molecule has 0 radical (unpaired) electrons. The quantitative estimate of drug-likeness (QED) is 0.782. The predicted molar refractivity (Wildman–Crippen MR) is 102 cm³/mol. The van der Waals surface area contributed by atoms with E-state index in [9.17, 15) is 9.59 Å². The molecule has 6 heteroatoms. The Labute approximate surface area is 155 Å². The topological polar surface area (TPSA) is 78.7 Å². The number of carbonyl (C=O) groups excluding carboxylic acids is 2. The monoisotopic (exact) mass is 358 g/mol. The molecule has 6 nitrogen and oxygen atoms in total. The molecule has 1 atom stereocenters. The Hall–Kier alpha value is -1.92. The van der Waals surface area contributed by atoms with Gasteiger partial charge in [-0.05, 0) is 49.3 Å². The minimum atomic E-state index is -0.512.